The second-order valence-electron chi connectivity index (χ2n) is 4.49. The average molecular weight is 273 g/mol. The molecule has 0 aromatic heterocycles. The molecule has 0 amide bonds. The highest BCUT2D eigenvalue weighted by Gasteiger charge is 2.15. The van der Waals surface area contributed by atoms with Crippen LogP contribution in [0.4, 0.5) is 4.39 Å². The molecule has 1 saturated heterocycles. The van der Waals surface area contributed by atoms with Crippen molar-refractivity contribution in [1.82, 2.24) is 0 Å². The van der Waals surface area contributed by atoms with E-state index in [1.54, 1.807) is 12.1 Å². The molecule has 0 spiro atoms. The van der Waals surface area contributed by atoms with Crippen LogP contribution in [0.25, 0.3) is 0 Å². The van der Waals surface area contributed by atoms with Crippen molar-refractivity contribution in [1.29, 1.82) is 0 Å². The summed E-state index contributed by atoms with van der Waals surface area (Å²) in [6, 6.07) is 4.82. The molecule has 1 unspecified atom stereocenters. The Labute approximate surface area is 112 Å². The monoisotopic (exact) mass is 272 g/mol. The first-order valence-corrected chi connectivity index (χ1v) is 6.92. The lowest BCUT2D eigenvalue weighted by molar-refractivity contribution is 0.0979. The summed E-state index contributed by atoms with van der Waals surface area (Å²) < 4.78 is 24.6. The summed E-state index contributed by atoms with van der Waals surface area (Å²) in [6.07, 6.45) is 4.49. The van der Waals surface area contributed by atoms with Crippen molar-refractivity contribution in [3.05, 3.63) is 29.6 Å². The van der Waals surface area contributed by atoms with Crippen molar-refractivity contribution in [2.75, 3.05) is 13.2 Å². The van der Waals surface area contributed by atoms with E-state index >= 15 is 0 Å². The van der Waals surface area contributed by atoms with Crippen LogP contribution in [0.15, 0.2) is 18.2 Å². The molecule has 0 radical (unpaired) electrons. The summed E-state index contributed by atoms with van der Waals surface area (Å²) in [5, 5.41) is 0. The number of benzene rings is 1. The molecule has 100 valence electrons. The van der Waals surface area contributed by atoms with Crippen molar-refractivity contribution < 1.29 is 13.9 Å². The van der Waals surface area contributed by atoms with E-state index in [4.69, 9.17) is 21.1 Å². The van der Waals surface area contributed by atoms with E-state index in [0.717, 1.165) is 32.3 Å². The fraction of sp³-hybridized carbons (Fsp3) is 0.571. The highest BCUT2D eigenvalue weighted by molar-refractivity contribution is 6.17. The van der Waals surface area contributed by atoms with Crippen molar-refractivity contribution in [2.45, 2.75) is 37.7 Å². The summed E-state index contributed by atoms with van der Waals surface area (Å²) in [6.45, 7) is 1.37. The highest BCUT2D eigenvalue weighted by Crippen LogP contribution is 2.25. The smallest absolute Gasteiger partial charge is 0.165 e. The van der Waals surface area contributed by atoms with Gasteiger partial charge in [-0.25, -0.2) is 4.39 Å². The molecule has 1 atom stereocenters. The van der Waals surface area contributed by atoms with Gasteiger partial charge in [-0.05, 0) is 31.7 Å². The van der Waals surface area contributed by atoms with Gasteiger partial charge in [-0.1, -0.05) is 12.1 Å². The van der Waals surface area contributed by atoms with E-state index in [1.807, 2.05) is 0 Å². The van der Waals surface area contributed by atoms with Gasteiger partial charge in [0, 0.05) is 12.2 Å². The third-order valence-corrected chi connectivity index (χ3v) is 3.42. The molecule has 18 heavy (non-hydrogen) atoms. The molecular formula is C14H18ClFO2. The van der Waals surface area contributed by atoms with Crippen LogP contribution < -0.4 is 4.74 Å². The summed E-state index contributed by atoms with van der Waals surface area (Å²) in [7, 11) is 0. The van der Waals surface area contributed by atoms with Crippen LogP contribution in [-0.4, -0.2) is 19.3 Å². The summed E-state index contributed by atoms with van der Waals surface area (Å²) in [5.74, 6) is 0.212. The van der Waals surface area contributed by atoms with Crippen LogP contribution in [0.2, 0.25) is 0 Å². The minimum Gasteiger partial charge on any atom is -0.490 e. The molecule has 1 aromatic carbocycles. The van der Waals surface area contributed by atoms with Gasteiger partial charge in [0.2, 0.25) is 0 Å². The van der Waals surface area contributed by atoms with E-state index in [9.17, 15) is 4.39 Å². The quantitative estimate of drug-likeness (QED) is 0.578. The van der Waals surface area contributed by atoms with E-state index < -0.39 is 0 Å². The maximum Gasteiger partial charge on any atom is 0.165 e. The third-order valence-electron chi connectivity index (χ3n) is 3.13. The van der Waals surface area contributed by atoms with Crippen molar-refractivity contribution in [3.63, 3.8) is 0 Å². The molecule has 1 fully saturated rings. The zero-order valence-corrected chi connectivity index (χ0v) is 11.1. The molecule has 0 saturated carbocycles. The van der Waals surface area contributed by atoms with E-state index in [-0.39, 0.29) is 11.7 Å². The van der Waals surface area contributed by atoms with Gasteiger partial charge in [-0.15, -0.1) is 11.6 Å². The molecule has 0 N–H and O–H groups in total. The fourth-order valence-corrected chi connectivity index (χ4v) is 2.39. The SMILES string of the molecule is Fc1cccc(CCl)c1OCCCC1CCCO1. The van der Waals surface area contributed by atoms with Gasteiger partial charge < -0.3 is 9.47 Å². The van der Waals surface area contributed by atoms with Gasteiger partial charge in [0.15, 0.2) is 11.6 Å². The van der Waals surface area contributed by atoms with Crippen LogP contribution in [-0.2, 0) is 10.6 Å². The van der Waals surface area contributed by atoms with Gasteiger partial charge in [-0.3, -0.25) is 0 Å². The Morgan fingerprint density at radius 1 is 1.44 bits per heavy atom. The maximum absolute atomic E-state index is 13.6. The Morgan fingerprint density at radius 3 is 3.06 bits per heavy atom. The van der Waals surface area contributed by atoms with Crippen molar-refractivity contribution in [2.24, 2.45) is 0 Å². The first-order chi connectivity index (χ1) is 8.81. The predicted octanol–water partition coefficient (Wildman–Crippen LogP) is 3.90. The first kappa shape index (κ1) is 13.6. The number of ether oxygens (including phenoxy) is 2. The molecule has 2 rings (SSSR count). The lowest BCUT2D eigenvalue weighted by Gasteiger charge is -2.12. The first-order valence-electron chi connectivity index (χ1n) is 6.39. The maximum atomic E-state index is 13.6. The van der Waals surface area contributed by atoms with E-state index in [2.05, 4.69) is 0 Å². The Balaban J connectivity index is 1.78. The minimum absolute atomic E-state index is 0.263. The highest BCUT2D eigenvalue weighted by atomic mass is 35.5. The number of halogens is 2. The summed E-state index contributed by atoms with van der Waals surface area (Å²) >= 11 is 5.75. The van der Waals surface area contributed by atoms with Crippen molar-refractivity contribution >= 4 is 11.6 Å². The molecule has 1 aromatic rings. The molecule has 0 bridgehead atoms. The topological polar surface area (TPSA) is 18.5 Å². The normalized spacial score (nSPS) is 19.1. The van der Waals surface area contributed by atoms with Crippen LogP contribution in [0, 0.1) is 5.82 Å². The van der Waals surface area contributed by atoms with Gasteiger partial charge in [-0.2, -0.15) is 0 Å². The van der Waals surface area contributed by atoms with Gasteiger partial charge in [0.1, 0.15) is 0 Å². The molecule has 4 heteroatoms. The van der Waals surface area contributed by atoms with Crippen molar-refractivity contribution in [3.8, 4) is 5.75 Å². The average Bonchev–Trinajstić information content (AvgIpc) is 2.89. The van der Waals surface area contributed by atoms with Crippen LogP contribution in [0.3, 0.4) is 0 Å². The van der Waals surface area contributed by atoms with E-state index in [1.165, 1.54) is 6.07 Å². The van der Waals surface area contributed by atoms with Gasteiger partial charge >= 0.3 is 0 Å². The van der Waals surface area contributed by atoms with Crippen LogP contribution >= 0.6 is 11.6 Å². The Hall–Kier alpha value is -0.800. The fourth-order valence-electron chi connectivity index (χ4n) is 2.18. The number of alkyl halides is 1. The third kappa shape index (κ3) is 3.59. The molecular weight excluding hydrogens is 255 g/mol. The van der Waals surface area contributed by atoms with Crippen LogP contribution in [0.5, 0.6) is 5.75 Å². The Morgan fingerprint density at radius 2 is 2.33 bits per heavy atom. The Kier molecular flexibility index (Phi) is 5.26. The number of hydrogen-bond donors (Lipinski definition) is 0. The largest absolute Gasteiger partial charge is 0.490 e. The Bertz CT molecular complexity index is 378. The second kappa shape index (κ2) is 6.95. The van der Waals surface area contributed by atoms with E-state index in [0.29, 0.717) is 24.0 Å². The number of rotatable bonds is 6. The summed E-state index contributed by atoms with van der Waals surface area (Å²) in [5.41, 5.74) is 0.703. The molecule has 1 aliphatic rings. The lowest BCUT2D eigenvalue weighted by atomic mass is 10.1. The van der Waals surface area contributed by atoms with Gasteiger partial charge in [0.05, 0.1) is 18.6 Å². The van der Waals surface area contributed by atoms with Gasteiger partial charge in [0.25, 0.3) is 0 Å². The standard InChI is InChI=1S/C14H18ClFO2/c15-10-11-4-1-7-13(16)14(11)18-9-3-6-12-5-2-8-17-12/h1,4,7,12H,2-3,5-6,8-10H2. The molecule has 0 aliphatic carbocycles. The summed E-state index contributed by atoms with van der Waals surface area (Å²) in [4.78, 5) is 0. The molecule has 2 nitrogen and oxygen atoms in total. The number of para-hydroxylation sites is 1. The number of hydrogen-bond acceptors (Lipinski definition) is 2. The minimum atomic E-state index is -0.342. The predicted molar refractivity (Wildman–Crippen MR) is 69.7 cm³/mol. The molecule has 1 heterocycles. The lowest BCUT2D eigenvalue weighted by Crippen LogP contribution is -2.08. The van der Waals surface area contributed by atoms with Crippen LogP contribution in [0.1, 0.15) is 31.2 Å². The molecule has 1 aliphatic heterocycles. The zero-order chi connectivity index (χ0) is 12.8. The zero-order valence-electron chi connectivity index (χ0n) is 10.3. The second-order valence-corrected chi connectivity index (χ2v) is 4.75.